The first kappa shape index (κ1) is 20.3. The minimum atomic E-state index is 0.399. The van der Waals surface area contributed by atoms with Gasteiger partial charge in [-0.25, -0.2) is 4.98 Å². The molecule has 0 bridgehead atoms. The number of benzene rings is 2. The lowest BCUT2D eigenvalue weighted by atomic mass is 10.1. The second-order valence-electron chi connectivity index (χ2n) is 7.54. The lowest BCUT2D eigenvalue weighted by Crippen LogP contribution is -1.97. The Kier molecular flexibility index (Phi) is 5.36. The summed E-state index contributed by atoms with van der Waals surface area (Å²) in [6.45, 7) is 6.03. The molecule has 0 N–H and O–H groups in total. The van der Waals surface area contributed by atoms with E-state index in [9.17, 15) is 0 Å². The van der Waals surface area contributed by atoms with Crippen LogP contribution in [0.3, 0.4) is 0 Å². The molecule has 5 aromatic rings. The highest BCUT2D eigenvalue weighted by Crippen LogP contribution is 2.34. The van der Waals surface area contributed by atoms with Crippen LogP contribution < -0.4 is 0 Å². The monoisotopic (exact) mass is 443 g/mol. The molecule has 0 fully saturated rings. The molecule has 0 aliphatic heterocycles. The van der Waals surface area contributed by atoms with Crippen LogP contribution in [0.15, 0.2) is 75.0 Å². The smallest absolute Gasteiger partial charge is 0.253 e. The van der Waals surface area contributed by atoms with Gasteiger partial charge in [-0.1, -0.05) is 53.3 Å². The minimum Gasteiger partial charge on any atom is -0.420 e. The number of rotatable bonds is 6. The van der Waals surface area contributed by atoms with E-state index in [1.807, 2.05) is 43.5 Å². The number of aryl methyl sites for hydroxylation is 3. The van der Waals surface area contributed by atoms with E-state index in [-0.39, 0.29) is 0 Å². The largest absolute Gasteiger partial charge is 0.420 e. The highest BCUT2D eigenvalue weighted by atomic mass is 32.2. The van der Waals surface area contributed by atoms with Gasteiger partial charge in [-0.3, -0.25) is 4.57 Å². The van der Waals surface area contributed by atoms with Crippen molar-refractivity contribution in [3.63, 3.8) is 0 Å². The molecule has 5 rings (SSSR count). The summed E-state index contributed by atoms with van der Waals surface area (Å²) < 4.78 is 13.5. The van der Waals surface area contributed by atoms with E-state index >= 15 is 0 Å². The molecule has 8 heteroatoms. The molecule has 0 saturated carbocycles. The molecule has 7 nitrogen and oxygen atoms in total. The van der Waals surface area contributed by atoms with Crippen molar-refractivity contribution in [3.05, 3.63) is 83.7 Å². The van der Waals surface area contributed by atoms with E-state index in [0.717, 1.165) is 22.0 Å². The molecule has 3 heterocycles. The molecule has 0 unspecified atom stereocenters. The normalized spacial score (nSPS) is 11.2. The fraction of sp³-hybridized carbons (Fsp3) is 0.167. The molecule has 160 valence electrons. The predicted octanol–water partition coefficient (Wildman–Crippen LogP) is 5.79. The number of thioether (sulfide) groups is 1. The fourth-order valence-corrected chi connectivity index (χ4v) is 4.45. The third-order valence-electron chi connectivity index (χ3n) is 5.01. The van der Waals surface area contributed by atoms with Gasteiger partial charge in [-0.15, -0.1) is 10.2 Å². The molecule has 0 radical (unpaired) electrons. The highest BCUT2D eigenvalue weighted by Gasteiger charge is 2.22. The van der Waals surface area contributed by atoms with E-state index in [1.54, 1.807) is 18.0 Å². The number of nitrogens with zero attached hydrogens (tertiary/aromatic N) is 5. The molecule has 0 aliphatic carbocycles. The topological polar surface area (TPSA) is 82.8 Å². The van der Waals surface area contributed by atoms with E-state index in [4.69, 9.17) is 8.94 Å². The summed E-state index contributed by atoms with van der Waals surface area (Å²) in [5.41, 5.74) is 5.85. The molecule has 2 aromatic carbocycles. The van der Waals surface area contributed by atoms with Gasteiger partial charge >= 0.3 is 0 Å². The summed E-state index contributed by atoms with van der Waals surface area (Å²) >= 11 is 1.55. The summed E-state index contributed by atoms with van der Waals surface area (Å²) in [5, 5.41) is 13.5. The predicted molar refractivity (Wildman–Crippen MR) is 123 cm³/mol. The van der Waals surface area contributed by atoms with E-state index in [0.29, 0.717) is 29.0 Å². The van der Waals surface area contributed by atoms with E-state index in [2.05, 4.69) is 57.0 Å². The Labute approximate surface area is 189 Å². The first-order chi connectivity index (χ1) is 15.6. The highest BCUT2D eigenvalue weighted by molar-refractivity contribution is 7.98. The maximum absolute atomic E-state index is 5.97. The van der Waals surface area contributed by atoms with Crippen LogP contribution in [0.5, 0.6) is 0 Å². The van der Waals surface area contributed by atoms with Crippen molar-refractivity contribution in [2.24, 2.45) is 0 Å². The minimum absolute atomic E-state index is 0.399. The molecule has 0 amide bonds. The first-order valence-electron chi connectivity index (χ1n) is 10.2. The Hall–Kier alpha value is -3.65. The average Bonchev–Trinajstić information content (AvgIpc) is 3.51. The maximum Gasteiger partial charge on any atom is 0.253 e. The van der Waals surface area contributed by atoms with Crippen molar-refractivity contribution >= 4 is 11.8 Å². The van der Waals surface area contributed by atoms with Gasteiger partial charge in [0, 0.05) is 23.6 Å². The van der Waals surface area contributed by atoms with Gasteiger partial charge in [0.15, 0.2) is 5.16 Å². The van der Waals surface area contributed by atoms with Gasteiger partial charge in [-0.2, -0.15) is 0 Å². The van der Waals surface area contributed by atoms with Crippen molar-refractivity contribution in [2.45, 2.75) is 31.7 Å². The van der Waals surface area contributed by atoms with Crippen LogP contribution in [0.4, 0.5) is 0 Å². The molecule has 0 atom stereocenters. The van der Waals surface area contributed by atoms with E-state index in [1.165, 1.54) is 11.1 Å². The quantitative estimate of drug-likeness (QED) is 0.307. The number of hydrogen-bond acceptors (Lipinski definition) is 7. The summed E-state index contributed by atoms with van der Waals surface area (Å²) in [5.74, 6) is 2.05. The number of imidazole rings is 1. The first-order valence-corrected chi connectivity index (χ1v) is 11.2. The summed E-state index contributed by atoms with van der Waals surface area (Å²) in [7, 11) is 0. The van der Waals surface area contributed by atoms with Gasteiger partial charge in [0.1, 0.15) is 17.0 Å². The fourth-order valence-electron chi connectivity index (χ4n) is 3.64. The average molecular weight is 444 g/mol. The molecule has 0 aliphatic rings. The van der Waals surface area contributed by atoms with Gasteiger partial charge in [0.05, 0.1) is 5.75 Å². The van der Waals surface area contributed by atoms with E-state index < -0.39 is 0 Å². The second-order valence-corrected chi connectivity index (χ2v) is 8.49. The van der Waals surface area contributed by atoms with Crippen molar-refractivity contribution in [2.75, 3.05) is 0 Å². The van der Waals surface area contributed by atoms with Crippen molar-refractivity contribution in [3.8, 4) is 28.4 Å². The Balaban J connectivity index is 1.37. The zero-order chi connectivity index (χ0) is 22.1. The van der Waals surface area contributed by atoms with Gasteiger partial charge < -0.3 is 8.94 Å². The zero-order valence-corrected chi connectivity index (χ0v) is 18.8. The second kappa shape index (κ2) is 8.47. The van der Waals surface area contributed by atoms with Crippen LogP contribution in [-0.2, 0) is 5.75 Å². The van der Waals surface area contributed by atoms with Crippen LogP contribution in [0.1, 0.15) is 22.8 Å². The van der Waals surface area contributed by atoms with Crippen LogP contribution >= 0.6 is 11.8 Å². The van der Waals surface area contributed by atoms with Crippen LogP contribution in [0.25, 0.3) is 28.4 Å². The summed E-state index contributed by atoms with van der Waals surface area (Å²) in [6.07, 6.45) is 3.76. The molecule has 32 heavy (non-hydrogen) atoms. The molecule has 0 spiro atoms. The van der Waals surface area contributed by atoms with Crippen molar-refractivity contribution < 1.29 is 8.94 Å². The molecule has 3 aromatic heterocycles. The lowest BCUT2D eigenvalue weighted by Gasteiger charge is -2.09. The summed E-state index contributed by atoms with van der Waals surface area (Å²) in [4.78, 5) is 4.50. The van der Waals surface area contributed by atoms with Crippen molar-refractivity contribution in [1.82, 2.24) is 24.9 Å². The molecular formula is C24H21N5O2S. The summed E-state index contributed by atoms with van der Waals surface area (Å²) in [6, 6.07) is 16.3. The van der Waals surface area contributed by atoms with Crippen LogP contribution in [-0.4, -0.2) is 24.9 Å². The van der Waals surface area contributed by atoms with Gasteiger partial charge in [0.2, 0.25) is 5.89 Å². The third kappa shape index (κ3) is 3.97. The molecule has 0 saturated heterocycles. The Bertz CT molecular complexity index is 1350. The Morgan fingerprint density at radius 1 is 0.969 bits per heavy atom. The number of aromatic nitrogens is 5. The standard InChI is InChI=1S/C24H21N5O2S/c1-15-11-16(2)13-19(12-15)29-10-9-25-24(29)32-14-20-26-27-23(30-20)21-17(3)31-28-22(21)18-7-5-4-6-8-18/h4-13H,14H2,1-3H3. The van der Waals surface area contributed by atoms with Crippen molar-refractivity contribution in [1.29, 1.82) is 0 Å². The molecular weight excluding hydrogens is 422 g/mol. The van der Waals surface area contributed by atoms with Crippen LogP contribution in [0, 0.1) is 20.8 Å². The Morgan fingerprint density at radius 3 is 2.53 bits per heavy atom. The number of hydrogen-bond donors (Lipinski definition) is 0. The zero-order valence-electron chi connectivity index (χ0n) is 17.9. The van der Waals surface area contributed by atoms with Crippen LogP contribution in [0.2, 0.25) is 0 Å². The van der Waals surface area contributed by atoms with Gasteiger partial charge in [0.25, 0.3) is 5.89 Å². The third-order valence-corrected chi connectivity index (χ3v) is 5.96. The SMILES string of the molecule is Cc1cc(C)cc(-n2ccnc2SCc2nnc(-c3c(-c4ccccc4)noc3C)o2)c1. The maximum atomic E-state index is 5.97. The van der Waals surface area contributed by atoms with Gasteiger partial charge in [-0.05, 0) is 44.0 Å². The lowest BCUT2D eigenvalue weighted by molar-refractivity contribution is 0.399. The Morgan fingerprint density at radius 2 is 1.75 bits per heavy atom.